The Kier molecular flexibility index (Phi) is 5.20. The predicted molar refractivity (Wildman–Crippen MR) is 95.0 cm³/mol. The molecule has 2 saturated heterocycles. The first-order valence-corrected chi connectivity index (χ1v) is 9.15. The fraction of sp³-hybridized carbons (Fsp3) is 0.474. The zero-order valence-corrected chi connectivity index (χ0v) is 15.1. The molecule has 2 unspecified atom stereocenters. The second-order valence-electron chi connectivity index (χ2n) is 7.23. The van der Waals surface area contributed by atoms with E-state index >= 15 is 0 Å². The summed E-state index contributed by atoms with van der Waals surface area (Å²) in [6, 6.07) is 7.78. The number of halogens is 1. The molecule has 0 bridgehead atoms. The zero-order chi connectivity index (χ0) is 18.8. The third kappa shape index (κ3) is 4.18. The predicted octanol–water partition coefficient (Wildman–Crippen LogP) is 1.40. The number of rotatable bonds is 5. The summed E-state index contributed by atoms with van der Waals surface area (Å²) in [5.74, 6) is 0.623. The number of ether oxygens (including phenoxy) is 1. The average molecular weight is 374 g/mol. The Hall–Kier alpha value is -2.29. The Morgan fingerprint density at radius 2 is 2.11 bits per heavy atom. The van der Waals surface area contributed by atoms with E-state index in [-0.39, 0.29) is 35.8 Å². The van der Waals surface area contributed by atoms with Crippen molar-refractivity contribution in [3.8, 4) is 0 Å². The van der Waals surface area contributed by atoms with Crippen molar-refractivity contribution in [2.45, 2.75) is 37.9 Å². The van der Waals surface area contributed by atoms with E-state index in [0.717, 1.165) is 17.0 Å². The van der Waals surface area contributed by atoms with Gasteiger partial charge in [-0.25, -0.2) is 15.2 Å². The molecule has 3 heterocycles. The molecule has 2 aromatic rings. The van der Waals surface area contributed by atoms with Crippen LogP contribution in [0.5, 0.6) is 0 Å². The summed E-state index contributed by atoms with van der Waals surface area (Å²) in [7, 11) is 0. The van der Waals surface area contributed by atoms with E-state index in [4.69, 9.17) is 9.26 Å². The Balaban J connectivity index is 1.32. The molecule has 0 radical (unpaired) electrons. The molecule has 2 aliphatic heterocycles. The van der Waals surface area contributed by atoms with E-state index in [2.05, 4.69) is 21.3 Å². The molecule has 0 saturated carbocycles. The van der Waals surface area contributed by atoms with Gasteiger partial charge in [0.25, 0.3) is 0 Å². The van der Waals surface area contributed by atoms with Gasteiger partial charge in [-0.2, -0.15) is 0 Å². The van der Waals surface area contributed by atoms with Gasteiger partial charge in [0.1, 0.15) is 17.6 Å². The normalized spacial score (nSPS) is 27.8. The van der Waals surface area contributed by atoms with Crippen molar-refractivity contribution in [3.63, 3.8) is 0 Å². The number of hydrogen-bond donors (Lipinski definition) is 3. The van der Waals surface area contributed by atoms with Gasteiger partial charge in [0.05, 0.1) is 24.9 Å². The molecule has 1 aromatic carbocycles. The Labute approximate surface area is 156 Å². The summed E-state index contributed by atoms with van der Waals surface area (Å²) in [5, 5.41) is 7.00. The average Bonchev–Trinajstić information content (AvgIpc) is 3.38. The monoisotopic (exact) mass is 374 g/mol. The van der Waals surface area contributed by atoms with Gasteiger partial charge in [0.15, 0.2) is 0 Å². The maximum Gasteiger partial charge on any atom is 0.238 e. The van der Waals surface area contributed by atoms with Crippen LogP contribution in [0.3, 0.4) is 0 Å². The maximum absolute atomic E-state index is 13.1. The summed E-state index contributed by atoms with van der Waals surface area (Å²) in [5.41, 5.74) is 7.94. The first-order valence-electron chi connectivity index (χ1n) is 9.15. The number of benzene rings is 1. The molecule has 4 rings (SSSR count). The van der Waals surface area contributed by atoms with Crippen LogP contribution in [-0.4, -0.2) is 36.4 Å². The third-order valence-electron chi connectivity index (χ3n) is 5.16. The summed E-state index contributed by atoms with van der Waals surface area (Å²) < 4.78 is 23.9. The van der Waals surface area contributed by atoms with E-state index in [1.165, 1.54) is 12.1 Å². The molecule has 7 nitrogen and oxygen atoms in total. The third-order valence-corrected chi connectivity index (χ3v) is 5.16. The molecule has 27 heavy (non-hydrogen) atoms. The molecular formula is C19H23FN4O3. The molecule has 2 fully saturated rings. The smallest absolute Gasteiger partial charge is 0.238 e. The van der Waals surface area contributed by atoms with Gasteiger partial charge >= 0.3 is 0 Å². The fourth-order valence-electron chi connectivity index (χ4n) is 3.66. The molecule has 144 valence electrons. The van der Waals surface area contributed by atoms with E-state index in [0.29, 0.717) is 26.1 Å². The number of carbonyl (C=O) groups is 1. The number of nitrogens with zero attached hydrogens (tertiary/aromatic N) is 1. The molecule has 2 aliphatic rings. The number of aryl methyl sites for hydroxylation is 1. The Morgan fingerprint density at radius 1 is 1.30 bits per heavy atom. The van der Waals surface area contributed by atoms with E-state index in [9.17, 15) is 9.18 Å². The zero-order valence-electron chi connectivity index (χ0n) is 15.1. The lowest BCUT2D eigenvalue weighted by atomic mass is 9.97. The molecule has 1 aromatic heterocycles. The minimum Gasteiger partial charge on any atom is -0.379 e. The first-order chi connectivity index (χ1) is 13.1. The van der Waals surface area contributed by atoms with Crippen molar-refractivity contribution < 1.29 is 18.4 Å². The minimum absolute atomic E-state index is 0.0332. The van der Waals surface area contributed by atoms with Crippen molar-refractivity contribution in [1.82, 2.24) is 21.3 Å². The quantitative estimate of drug-likeness (QED) is 0.733. The van der Waals surface area contributed by atoms with Crippen molar-refractivity contribution in [2.24, 2.45) is 5.92 Å². The van der Waals surface area contributed by atoms with Gasteiger partial charge in [0.2, 0.25) is 5.91 Å². The van der Waals surface area contributed by atoms with Crippen molar-refractivity contribution in [1.29, 1.82) is 0 Å². The number of nitrogens with one attached hydrogen (secondary N) is 3. The van der Waals surface area contributed by atoms with Crippen molar-refractivity contribution in [2.75, 3.05) is 13.2 Å². The van der Waals surface area contributed by atoms with Gasteiger partial charge in [0, 0.05) is 24.4 Å². The van der Waals surface area contributed by atoms with Crippen LogP contribution >= 0.6 is 0 Å². The lowest BCUT2D eigenvalue weighted by molar-refractivity contribution is -0.123. The molecule has 8 heteroatoms. The van der Waals surface area contributed by atoms with E-state index < -0.39 is 0 Å². The number of hydrazine groups is 1. The molecular weight excluding hydrogens is 351 g/mol. The molecule has 0 aliphatic carbocycles. The first kappa shape index (κ1) is 18.1. The molecule has 3 N–H and O–H groups in total. The van der Waals surface area contributed by atoms with Crippen molar-refractivity contribution in [3.05, 3.63) is 53.2 Å². The van der Waals surface area contributed by atoms with Gasteiger partial charge in [-0.1, -0.05) is 17.3 Å². The van der Waals surface area contributed by atoms with Crippen LogP contribution in [0.15, 0.2) is 34.9 Å². The summed E-state index contributed by atoms with van der Waals surface area (Å²) in [4.78, 5) is 12.7. The van der Waals surface area contributed by atoms with Crippen LogP contribution in [0.1, 0.15) is 29.5 Å². The van der Waals surface area contributed by atoms with Gasteiger partial charge in [-0.3, -0.25) is 4.79 Å². The second-order valence-corrected chi connectivity index (χ2v) is 7.23. The van der Waals surface area contributed by atoms with Crippen LogP contribution in [0.25, 0.3) is 0 Å². The maximum atomic E-state index is 13.1. The largest absolute Gasteiger partial charge is 0.379 e. The SMILES string of the molecule is Cc1cc(C[C@@H]2COC[C@@H]2NC(=O)C2CC(c3ccc(F)cc3)NN2)on1. The highest BCUT2D eigenvalue weighted by Crippen LogP contribution is 2.24. The van der Waals surface area contributed by atoms with Crippen LogP contribution in [-0.2, 0) is 16.0 Å². The Morgan fingerprint density at radius 3 is 2.85 bits per heavy atom. The molecule has 1 amide bonds. The molecule has 0 spiro atoms. The standard InChI is InChI=1S/C19H23FN4O3/c1-11-6-15(27-24-11)7-13-9-26-10-18(13)21-19(25)17-8-16(22-23-17)12-2-4-14(20)5-3-12/h2-6,13,16-18,22-23H,7-10H2,1H3,(H,21,25)/t13-,16?,17?,18+/m1/s1. The van der Waals surface area contributed by atoms with Crippen LogP contribution in [0.2, 0.25) is 0 Å². The van der Waals surface area contributed by atoms with E-state index in [1.807, 2.05) is 13.0 Å². The van der Waals surface area contributed by atoms with Gasteiger partial charge < -0.3 is 14.6 Å². The second kappa shape index (κ2) is 7.75. The van der Waals surface area contributed by atoms with E-state index in [1.54, 1.807) is 12.1 Å². The van der Waals surface area contributed by atoms with Crippen molar-refractivity contribution >= 4 is 5.91 Å². The lowest BCUT2D eigenvalue weighted by Gasteiger charge is -2.20. The minimum atomic E-state index is -0.353. The van der Waals surface area contributed by atoms with Crippen LogP contribution in [0, 0.1) is 18.7 Å². The number of hydrogen-bond acceptors (Lipinski definition) is 6. The lowest BCUT2D eigenvalue weighted by Crippen LogP contribution is -2.49. The summed E-state index contributed by atoms with van der Waals surface area (Å²) in [6.07, 6.45) is 1.28. The summed E-state index contributed by atoms with van der Waals surface area (Å²) >= 11 is 0. The van der Waals surface area contributed by atoms with Gasteiger partial charge in [-0.15, -0.1) is 0 Å². The van der Waals surface area contributed by atoms with Gasteiger partial charge in [-0.05, 0) is 31.0 Å². The van der Waals surface area contributed by atoms with Crippen LogP contribution < -0.4 is 16.2 Å². The topological polar surface area (TPSA) is 88.4 Å². The summed E-state index contributed by atoms with van der Waals surface area (Å²) in [6.45, 7) is 2.96. The molecule has 4 atom stereocenters. The highest BCUT2D eigenvalue weighted by Gasteiger charge is 2.35. The fourth-order valence-corrected chi connectivity index (χ4v) is 3.66. The van der Waals surface area contributed by atoms with Crippen LogP contribution in [0.4, 0.5) is 4.39 Å². The number of amides is 1. The highest BCUT2D eigenvalue weighted by molar-refractivity contribution is 5.82. The Bertz CT molecular complexity index is 795. The number of carbonyl (C=O) groups excluding carboxylic acids is 1. The number of aromatic nitrogens is 1. The highest BCUT2D eigenvalue weighted by atomic mass is 19.1.